The summed E-state index contributed by atoms with van der Waals surface area (Å²) in [6, 6.07) is 3.40. The second-order valence-electron chi connectivity index (χ2n) is 4.57. The highest BCUT2D eigenvalue weighted by Crippen LogP contribution is 2.35. The van der Waals surface area contributed by atoms with Gasteiger partial charge in [0.2, 0.25) is 0 Å². The molecule has 0 fully saturated rings. The monoisotopic (exact) mass is 286 g/mol. The fourth-order valence-corrected chi connectivity index (χ4v) is 2.36. The molecule has 1 aromatic carbocycles. The molecular weight excluding hydrogens is 272 g/mol. The number of ether oxygens (including phenoxy) is 2. The molecule has 0 atom stereocenters. The van der Waals surface area contributed by atoms with E-state index in [1.165, 1.54) is 13.4 Å². The number of nitrogens with two attached hydrogens (primary N) is 1. The SMILES string of the molecule is COc1cc(OC)c2c(c1)C(=O)Nc1ncnc(N)c1C2. The Morgan fingerprint density at radius 1 is 1.19 bits per heavy atom. The van der Waals surface area contributed by atoms with Crippen LogP contribution < -0.4 is 20.5 Å². The number of nitrogen functional groups attached to an aromatic ring is 1. The second kappa shape index (κ2) is 4.93. The van der Waals surface area contributed by atoms with Crippen LogP contribution in [0.2, 0.25) is 0 Å². The zero-order valence-corrected chi connectivity index (χ0v) is 11.6. The lowest BCUT2D eigenvalue weighted by molar-refractivity contribution is 0.102. The number of carbonyl (C=O) groups excluding carboxylic acids is 1. The molecule has 0 unspecified atom stereocenters. The number of hydrogen-bond donors (Lipinski definition) is 2. The van der Waals surface area contributed by atoms with Gasteiger partial charge in [-0.2, -0.15) is 0 Å². The lowest BCUT2D eigenvalue weighted by Crippen LogP contribution is -2.13. The van der Waals surface area contributed by atoms with Crippen LogP contribution >= 0.6 is 0 Å². The topological polar surface area (TPSA) is 99.4 Å². The number of amides is 1. The van der Waals surface area contributed by atoms with Crippen LogP contribution in [0.15, 0.2) is 18.5 Å². The van der Waals surface area contributed by atoms with E-state index in [0.29, 0.717) is 40.7 Å². The van der Waals surface area contributed by atoms with Crippen molar-refractivity contribution in [2.24, 2.45) is 0 Å². The first-order valence-corrected chi connectivity index (χ1v) is 6.29. The van der Waals surface area contributed by atoms with Crippen LogP contribution in [0.3, 0.4) is 0 Å². The maximum Gasteiger partial charge on any atom is 0.257 e. The average Bonchev–Trinajstić information content (AvgIpc) is 2.64. The van der Waals surface area contributed by atoms with Crippen LogP contribution in [-0.2, 0) is 6.42 Å². The fraction of sp³-hybridized carbons (Fsp3) is 0.214. The Kier molecular flexibility index (Phi) is 3.09. The van der Waals surface area contributed by atoms with Gasteiger partial charge in [-0.25, -0.2) is 9.97 Å². The third-order valence-electron chi connectivity index (χ3n) is 3.45. The van der Waals surface area contributed by atoms with Crippen molar-refractivity contribution in [3.8, 4) is 11.5 Å². The fourth-order valence-electron chi connectivity index (χ4n) is 2.36. The van der Waals surface area contributed by atoms with E-state index in [4.69, 9.17) is 15.2 Å². The van der Waals surface area contributed by atoms with Crippen LogP contribution in [0.5, 0.6) is 11.5 Å². The normalized spacial score (nSPS) is 12.8. The largest absolute Gasteiger partial charge is 0.497 e. The van der Waals surface area contributed by atoms with Gasteiger partial charge in [-0.15, -0.1) is 0 Å². The van der Waals surface area contributed by atoms with Crippen molar-refractivity contribution in [1.29, 1.82) is 0 Å². The minimum atomic E-state index is -0.279. The number of anilines is 2. The van der Waals surface area contributed by atoms with Gasteiger partial charge in [0.05, 0.1) is 19.8 Å². The predicted molar refractivity (Wildman–Crippen MR) is 76.7 cm³/mol. The number of rotatable bonds is 2. The molecule has 1 aliphatic rings. The Morgan fingerprint density at radius 2 is 2.00 bits per heavy atom. The van der Waals surface area contributed by atoms with Crippen molar-refractivity contribution in [2.45, 2.75) is 6.42 Å². The smallest absolute Gasteiger partial charge is 0.257 e. The van der Waals surface area contributed by atoms with Crippen molar-refractivity contribution in [1.82, 2.24) is 9.97 Å². The number of aromatic nitrogens is 2. The van der Waals surface area contributed by atoms with Gasteiger partial charge in [0, 0.05) is 23.6 Å². The van der Waals surface area contributed by atoms with Gasteiger partial charge < -0.3 is 20.5 Å². The summed E-state index contributed by atoms with van der Waals surface area (Å²) < 4.78 is 10.6. The number of methoxy groups -OCH3 is 2. The van der Waals surface area contributed by atoms with E-state index < -0.39 is 0 Å². The van der Waals surface area contributed by atoms with E-state index in [-0.39, 0.29) is 5.91 Å². The molecule has 2 aromatic rings. The van der Waals surface area contributed by atoms with Crippen LogP contribution in [-0.4, -0.2) is 30.1 Å². The Morgan fingerprint density at radius 3 is 2.71 bits per heavy atom. The molecule has 2 heterocycles. The zero-order valence-electron chi connectivity index (χ0n) is 11.6. The average molecular weight is 286 g/mol. The first-order valence-electron chi connectivity index (χ1n) is 6.29. The summed E-state index contributed by atoms with van der Waals surface area (Å²) >= 11 is 0. The van der Waals surface area contributed by atoms with Gasteiger partial charge in [0.25, 0.3) is 5.91 Å². The van der Waals surface area contributed by atoms with Crippen LogP contribution in [0.4, 0.5) is 11.6 Å². The summed E-state index contributed by atoms with van der Waals surface area (Å²) in [6.07, 6.45) is 1.73. The Labute approximate surface area is 121 Å². The molecular formula is C14H14N4O3. The number of carbonyl (C=O) groups is 1. The van der Waals surface area contributed by atoms with Crippen molar-refractivity contribution in [3.63, 3.8) is 0 Å². The Bertz CT molecular complexity index is 730. The number of nitrogens with zero attached hydrogens (tertiary/aromatic N) is 2. The minimum Gasteiger partial charge on any atom is -0.497 e. The number of benzene rings is 1. The molecule has 0 saturated carbocycles. The molecule has 1 aliphatic heterocycles. The highest BCUT2D eigenvalue weighted by molar-refractivity contribution is 6.07. The van der Waals surface area contributed by atoms with Crippen molar-refractivity contribution in [2.75, 3.05) is 25.3 Å². The quantitative estimate of drug-likeness (QED) is 0.861. The van der Waals surface area contributed by atoms with Gasteiger partial charge >= 0.3 is 0 Å². The van der Waals surface area contributed by atoms with E-state index in [1.807, 2.05) is 0 Å². The zero-order chi connectivity index (χ0) is 15.0. The number of hydrogen-bond acceptors (Lipinski definition) is 6. The first-order chi connectivity index (χ1) is 10.1. The molecule has 1 aromatic heterocycles. The molecule has 108 valence electrons. The summed E-state index contributed by atoms with van der Waals surface area (Å²) in [5.41, 5.74) is 7.78. The summed E-state index contributed by atoms with van der Waals surface area (Å²) in [6.45, 7) is 0. The lowest BCUT2D eigenvalue weighted by Gasteiger charge is -2.13. The van der Waals surface area contributed by atoms with E-state index in [9.17, 15) is 4.79 Å². The van der Waals surface area contributed by atoms with Crippen LogP contribution in [0.25, 0.3) is 0 Å². The van der Waals surface area contributed by atoms with E-state index >= 15 is 0 Å². The highest BCUT2D eigenvalue weighted by atomic mass is 16.5. The number of nitrogens with one attached hydrogen (secondary N) is 1. The van der Waals surface area contributed by atoms with Crippen LogP contribution in [0, 0.1) is 0 Å². The van der Waals surface area contributed by atoms with Crippen LogP contribution in [0.1, 0.15) is 21.5 Å². The summed E-state index contributed by atoms with van der Waals surface area (Å²) in [5.74, 6) is 1.59. The molecule has 1 amide bonds. The minimum absolute atomic E-state index is 0.279. The molecule has 21 heavy (non-hydrogen) atoms. The standard InChI is InChI=1S/C14H14N4O3/c1-20-7-3-9-8(11(4-7)21-2)5-10-12(15)16-6-17-13(10)18-14(9)19/h3-4,6H,5H2,1-2H3,(H3,15,16,17,18,19). The second-order valence-corrected chi connectivity index (χ2v) is 4.57. The molecule has 0 aliphatic carbocycles. The summed E-state index contributed by atoms with van der Waals surface area (Å²) in [7, 11) is 3.08. The van der Waals surface area contributed by atoms with Gasteiger partial charge in [-0.05, 0) is 6.07 Å². The van der Waals surface area contributed by atoms with E-state index in [1.54, 1.807) is 19.2 Å². The first kappa shape index (κ1) is 13.2. The van der Waals surface area contributed by atoms with Crippen molar-refractivity contribution >= 4 is 17.5 Å². The van der Waals surface area contributed by atoms with Gasteiger partial charge in [0.15, 0.2) is 0 Å². The maximum absolute atomic E-state index is 12.4. The Hall–Kier alpha value is -2.83. The predicted octanol–water partition coefficient (Wildman–Crippen LogP) is 1.23. The third kappa shape index (κ3) is 2.12. The molecule has 3 N–H and O–H groups in total. The maximum atomic E-state index is 12.4. The molecule has 0 bridgehead atoms. The molecule has 3 rings (SSSR count). The van der Waals surface area contributed by atoms with Gasteiger partial charge in [-0.1, -0.05) is 0 Å². The summed E-state index contributed by atoms with van der Waals surface area (Å²) in [5, 5.41) is 2.74. The van der Waals surface area contributed by atoms with Gasteiger partial charge in [0.1, 0.15) is 29.5 Å². The molecule has 0 radical (unpaired) electrons. The van der Waals surface area contributed by atoms with E-state index in [2.05, 4.69) is 15.3 Å². The lowest BCUT2D eigenvalue weighted by atomic mass is 10.00. The molecule has 7 nitrogen and oxygen atoms in total. The van der Waals surface area contributed by atoms with Crippen molar-refractivity contribution in [3.05, 3.63) is 35.2 Å². The number of fused-ring (bicyclic) bond motifs is 2. The van der Waals surface area contributed by atoms with E-state index in [0.717, 1.165) is 5.56 Å². The van der Waals surface area contributed by atoms with Crippen molar-refractivity contribution < 1.29 is 14.3 Å². The molecule has 0 spiro atoms. The third-order valence-corrected chi connectivity index (χ3v) is 3.45. The Balaban J connectivity index is 2.23. The molecule has 0 saturated heterocycles. The van der Waals surface area contributed by atoms with Gasteiger partial charge in [-0.3, -0.25) is 4.79 Å². The summed E-state index contributed by atoms with van der Waals surface area (Å²) in [4.78, 5) is 20.4. The molecule has 7 heteroatoms. The highest BCUT2D eigenvalue weighted by Gasteiger charge is 2.25.